The Morgan fingerprint density at radius 2 is 2.00 bits per heavy atom. The van der Waals surface area contributed by atoms with Crippen LogP contribution in [0.3, 0.4) is 0 Å². The predicted octanol–water partition coefficient (Wildman–Crippen LogP) is 3.90. The minimum atomic E-state index is -4.76. The van der Waals surface area contributed by atoms with Crippen LogP contribution in [0.5, 0.6) is 5.75 Å². The van der Waals surface area contributed by atoms with Gasteiger partial charge in [0.2, 0.25) is 0 Å². The lowest BCUT2D eigenvalue weighted by atomic mass is 9.70. The minimum Gasteiger partial charge on any atom is -0.405 e. The zero-order valence-corrected chi connectivity index (χ0v) is 17.6. The fourth-order valence-corrected chi connectivity index (χ4v) is 4.10. The molecule has 0 unspecified atom stereocenters. The summed E-state index contributed by atoms with van der Waals surface area (Å²) in [4.78, 5) is 25.5. The Hall–Kier alpha value is -2.91. The smallest absolute Gasteiger partial charge is 0.405 e. The quantitative estimate of drug-likeness (QED) is 0.362. The van der Waals surface area contributed by atoms with Gasteiger partial charge in [-0.1, -0.05) is 24.3 Å². The average Bonchev–Trinajstić information content (AvgIpc) is 2.77. The number of hydrogen-bond acceptors (Lipinski definition) is 5. The first-order valence-corrected chi connectivity index (χ1v) is 10.2. The highest BCUT2D eigenvalue weighted by Crippen LogP contribution is 2.37. The molecule has 32 heavy (non-hydrogen) atoms. The van der Waals surface area contributed by atoms with Crippen LogP contribution in [-0.4, -0.2) is 42.3 Å². The number of fused-ring (bicyclic) bond motifs is 1. The Balaban J connectivity index is 1.65. The van der Waals surface area contributed by atoms with Crippen LogP contribution in [0.1, 0.15) is 39.9 Å². The Morgan fingerprint density at radius 1 is 1.25 bits per heavy atom. The van der Waals surface area contributed by atoms with Gasteiger partial charge < -0.3 is 14.4 Å². The molecule has 1 aliphatic rings. The maximum Gasteiger partial charge on any atom is 0.573 e. The summed E-state index contributed by atoms with van der Waals surface area (Å²) in [6.45, 7) is 0.761. The van der Waals surface area contributed by atoms with Crippen molar-refractivity contribution in [2.75, 3.05) is 13.6 Å². The molecule has 0 bridgehead atoms. The van der Waals surface area contributed by atoms with E-state index in [1.165, 1.54) is 12.1 Å². The summed E-state index contributed by atoms with van der Waals surface area (Å²) in [5, 5.41) is 8.80. The Bertz CT molecular complexity index is 980. The predicted molar refractivity (Wildman–Crippen MR) is 110 cm³/mol. The number of aldehydes is 1. The van der Waals surface area contributed by atoms with Gasteiger partial charge in [-0.3, -0.25) is 10.0 Å². The van der Waals surface area contributed by atoms with Gasteiger partial charge in [-0.25, -0.2) is 5.48 Å². The van der Waals surface area contributed by atoms with E-state index in [1.807, 2.05) is 4.90 Å². The zero-order chi connectivity index (χ0) is 23.4. The van der Waals surface area contributed by atoms with Gasteiger partial charge in [-0.2, -0.15) is 0 Å². The first-order chi connectivity index (χ1) is 15.1. The van der Waals surface area contributed by atoms with Crippen LogP contribution < -0.4 is 10.2 Å². The average molecular weight is 450 g/mol. The second kappa shape index (κ2) is 9.70. The summed E-state index contributed by atoms with van der Waals surface area (Å²) in [7, 11) is 1.79. The zero-order valence-electron chi connectivity index (χ0n) is 17.6. The summed E-state index contributed by atoms with van der Waals surface area (Å²) in [5.41, 5.74) is 3.74. The molecule has 6 nitrogen and oxygen atoms in total. The Kier molecular flexibility index (Phi) is 7.20. The van der Waals surface area contributed by atoms with Crippen LogP contribution in [0.4, 0.5) is 13.2 Å². The van der Waals surface area contributed by atoms with Crippen LogP contribution in [0.2, 0.25) is 0 Å². The molecule has 0 aliphatic heterocycles. The molecule has 1 aliphatic carbocycles. The summed E-state index contributed by atoms with van der Waals surface area (Å²) in [6.07, 6.45) is -1.49. The number of nitrogens with zero attached hydrogens (tertiary/aromatic N) is 1. The maximum atomic E-state index is 12.6. The van der Waals surface area contributed by atoms with Gasteiger partial charge in [0.15, 0.2) is 0 Å². The summed E-state index contributed by atoms with van der Waals surface area (Å²) in [6, 6.07) is 11.1. The SMILES string of the molecule is CN(CC[C@@]1(C=O)CCc2cc(C(=O)NO)ccc2C1)Cc1ccccc1OC(F)(F)F. The molecule has 2 N–H and O–H groups in total. The monoisotopic (exact) mass is 450 g/mol. The van der Waals surface area contributed by atoms with Crippen LogP contribution in [0, 0.1) is 5.41 Å². The number of amides is 1. The van der Waals surface area contributed by atoms with Gasteiger partial charge in [0.25, 0.3) is 5.91 Å². The second-order valence-corrected chi connectivity index (χ2v) is 8.22. The molecule has 172 valence electrons. The molecule has 3 rings (SSSR count). The number of rotatable bonds is 8. The van der Waals surface area contributed by atoms with E-state index in [-0.39, 0.29) is 12.3 Å². The molecule has 1 amide bonds. The summed E-state index contributed by atoms with van der Waals surface area (Å²) in [5.74, 6) is -0.817. The van der Waals surface area contributed by atoms with E-state index in [2.05, 4.69) is 4.74 Å². The second-order valence-electron chi connectivity index (χ2n) is 8.22. The van der Waals surface area contributed by atoms with Crippen molar-refractivity contribution in [2.24, 2.45) is 5.41 Å². The number of benzene rings is 2. The first-order valence-electron chi connectivity index (χ1n) is 10.2. The van der Waals surface area contributed by atoms with Gasteiger partial charge in [-0.05, 0) is 68.6 Å². The third-order valence-corrected chi connectivity index (χ3v) is 5.88. The molecule has 0 saturated heterocycles. The summed E-state index contributed by atoms with van der Waals surface area (Å²) < 4.78 is 42.1. The molecule has 0 fully saturated rings. The van der Waals surface area contributed by atoms with Crippen molar-refractivity contribution < 1.29 is 32.7 Å². The number of alkyl halides is 3. The lowest BCUT2D eigenvalue weighted by Crippen LogP contribution is -2.35. The molecular weight excluding hydrogens is 425 g/mol. The summed E-state index contributed by atoms with van der Waals surface area (Å²) >= 11 is 0. The number of hydroxylamine groups is 1. The van der Waals surface area contributed by atoms with Gasteiger partial charge in [0, 0.05) is 23.1 Å². The lowest BCUT2D eigenvalue weighted by Gasteiger charge is -2.35. The van der Waals surface area contributed by atoms with E-state index in [1.54, 1.807) is 42.9 Å². The number of carbonyl (C=O) groups is 2. The van der Waals surface area contributed by atoms with Crippen molar-refractivity contribution in [3.63, 3.8) is 0 Å². The number of aryl methyl sites for hydroxylation is 1. The van der Waals surface area contributed by atoms with Gasteiger partial charge in [-0.15, -0.1) is 13.2 Å². The fraction of sp³-hybridized carbons (Fsp3) is 0.391. The van der Waals surface area contributed by atoms with Crippen molar-refractivity contribution in [2.45, 2.75) is 38.6 Å². The number of nitrogens with one attached hydrogen (secondary N) is 1. The fourth-order valence-electron chi connectivity index (χ4n) is 4.10. The van der Waals surface area contributed by atoms with Crippen molar-refractivity contribution in [1.82, 2.24) is 10.4 Å². The van der Waals surface area contributed by atoms with Crippen LogP contribution >= 0.6 is 0 Å². The number of hydrogen-bond donors (Lipinski definition) is 2. The highest BCUT2D eigenvalue weighted by Gasteiger charge is 2.35. The molecule has 2 aromatic carbocycles. The van der Waals surface area contributed by atoms with Gasteiger partial charge >= 0.3 is 6.36 Å². The molecule has 0 saturated carbocycles. The minimum absolute atomic E-state index is 0.230. The van der Waals surface area contributed by atoms with Crippen molar-refractivity contribution in [3.05, 3.63) is 64.7 Å². The first kappa shape index (κ1) is 23.7. The van der Waals surface area contributed by atoms with Crippen molar-refractivity contribution in [1.29, 1.82) is 0 Å². The van der Waals surface area contributed by atoms with Gasteiger partial charge in [0.1, 0.15) is 12.0 Å². The van der Waals surface area contributed by atoms with Crippen LogP contribution in [0.25, 0.3) is 0 Å². The normalized spacial score (nSPS) is 18.2. The molecular formula is C23H25F3N2O4. The van der Waals surface area contributed by atoms with E-state index in [4.69, 9.17) is 5.21 Å². The number of para-hydroxylation sites is 1. The standard InChI is InChI=1S/C23H25F3N2O4/c1-28(14-19-4-2-3-5-20(19)32-23(24,25)26)11-10-22(15-29)9-8-16-12-17(21(30)27-31)6-7-18(16)13-22/h2-7,12,15,31H,8-11,13-14H2,1H3,(H,27,30)/t22-/m0/s1. The van der Waals surface area contributed by atoms with E-state index in [9.17, 15) is 22.8 Å². The van der Waals surface area contributed by atoms with E-state index < -0.39 is 17.7 Å². The molecule has 1 atom stereocenters. The molecule has 0 spiro atoms. The number of halogens is 3. The number of carbonyl (C=O) groups excluding carboxylic acids is 2. The molecule has 9 heteroatoms. The topological polar surface area (TPSA) is 78.9 Å². The third kappa shape index (κ3) is 5.86. The van der Waals surface area contributed by atoms with Crippen molar-refractivity contribution in [3.8, 4) is 5.75 Å². The van der Waals surface area contributed by atoms with Crippen LogP contribution in [0.15, 0.2) is 42.5 Å². The highest BCUT2D eigenvalue weighted by molar-refractivity contribution is 5.93. The lowest BCUT2D eigenvalue weighted by molar-refractivity contribution is -0.275. The third-order valence-electron chi connectivity index (χ3n) is 5.88. The maximum absolute atomic E-state index is 12.6. The Morgan fingerprint density at radius 3 is 2.69 bits per heavy atom. The van der Waals surface area contributed by atoms with Crippen molar-refractivity contribution >= 4 is 12.2 Å². The van der Waals surface area contributed by atoms with Crippen LogP contribution in [-0.2, 0) is 24.2 Å². The molecule has 0 heterocycles. The largest absolute Gasteiger partial charge is 0.573 e. The molecule has 2 aromatic rings. The van der Waals surface area contributed by atoms with E-state index in [0.717, 1.165) is 17.4 Å². The highest BCUT2D eigenvalue weighted by atomic mass is 19.4. The van der Waals surface area contributed by atoms with E-state index in [0.29, 0.717) is 43.4 Å². The Labute approximate surface area is 183 Å². The van der Waals surface area contributed by atoms with E-state index >= 15 is 0 Å². The molecule has 0 radical (unpaired) electrons. The van der Waals surface area contributed by atoms with Gasteiger partial charge in [0.05, 0.1) is 0 Å². The molecule has 0 aromatic heterocycles. The number of ether oxygens (including phenoxy) is 1.